The molecule has 0 unspecified atom stereocenters. The number of hydrogen-bond acceptors (Lipinski definition) is 5. The minimum Gasteiger partial charge on any atom is -0.321 e. The second-order valence-electron chi connectivity index (χ2n) is 6.39. The molecule has 0 amide bonds. The SMILES string of the molecule is C=CCS(=O)(=O)c1nnc([C@H](N)[C@@H](C)CC)n1Cc1ccc(C)cc1. The molecular weight excluding hydrogens is 336 g/mol. The fourth-order valence-electron chi connectivity index (χ4n) is 2.54. The first-order valence-electron chi connectivity index (χ1n) is 8.38. The van der Waals surface area contributed by atoms with Gasteiger partial charge in [-0.1, -0.05) is 56.2 Å². The lowest BCUT2D eigenvalue weighted by Crippen LogP contribution is -2.25. The van der Waals surface area contributed by atoms with Gasteiger partial charge in [0.1, 0.15) is 0 Å². The van der Waals surface area contributed by atoms with Crippen LogP contribution in [0, 0.1) is 12.8 Å². The molecule has 0 aliphatic heterocycles. The Hall–Kier alpha value is -1.99. The molecule has 2 rings (SSSR count). The van der Waals surface area contributed by atoms with E-state index in [1.807, 2.05) is 45.0 Å². The lowest BCUT2D eigenvalue weighted by Gasteiger charge is -2.19. The second kappa shape index (κ2) is 7.93. The Kier molecular flexibility index (Phi) is 6.13. The monoisotopic (exact) mass is 362 g/mol. The van der Waals surface area contributed by atoms with Crippen molar-refractivity contribution in [3.05, 3.63) is 53.9 Å². The lowest BCUT2D eigenvalue weighted by atomic mass is 9.99. The zero-order valence-corrected chi connectivity index (χ0v) is 15.8. The molecule has 1 aromatic carbocycles. The average molecular weight is 362 g/mol. The lowest BCUT2D eigenvalue weighted by molar-refractivity contribution is 0.421. The molecule has 7 heteroatoms. The van der Waals surface area contributed by atoms with Crippen LogP contribution in [0.15, 0.2) is 42.1 Å². The number of aryl methyl sites for hydroxylation is 1. The quantitative estimate of drug-likeness (QED) is 0.729. The van der Waals surface area contributed by atoms with E-state index in [1.54, 1.807) is 4.57 Å². The van der Waals surface area contributed by atoms with Gasteiger partial charge in [0.25, 0.3) is 0 Å². The number of aromatic nitrogens is 3. The molecule has 2 atom stereocenters. The first kappa shape index (κ1) is 19.3. The Balaban J connectivity index is 2.52. The van der Waals surface area contributed by atoms with Gasteiger partial charge in [-0.25, -0.2) is 8.42 Å². The average Bonchev–Trinajstić information content (AvgIpc) is 3.00. The molecule has 0 saturated heterocycles. The molecule has 25 heavy (non-hydrogen) atoms. The molecule has 0 bridgehead atoms. The molecule has 0 aliphatic carbocycles. The second-order valence-corrected chi connectivity index (χ2v) is 8.32. The van der Waals surface area contributed by atoms with Gasteiger partial charge in [0.05, 0.1) is 18.3 Å². The summed E-state index contributed by atoms with van der Waals surface area (Å²) in [5, 5.41) is 8.02. The van der Waals surface area contributed by atoms with Crippen molar-refractivity contribution in [2.24, 2.45) is 11.7 Å². The van der Waals surface area contributed by atoms with Crippen molar-refractivity contribution < 1.29 is 8.42 Å². The van der Waals surface area contributed by atoms with Crippen LogP contribution < -0.4 is 5.73 Å². The molecule has 0 aliphatic rings. The Morgan fingerprint density at radius 1 is 1.28 bits per heavy atom. The highest BCUT2D eigenvalue weighted by Crippen LogP contribution is 2.24. The summed E-state index contributed by atoms with van der Waals surface area (Å²) in [5.41, 5.74) is 8.43. The Morgan fingerprint density at radius 3 is 2.48 bits per heavy atom. The Bertz CT molecular complexity index is 825. The first-order chi connectivity index (χ1) is 11.8. The maximum Gasteiger partial charge on any atom is 0.250 e. The maximum absolute atomic E-state index is 12.5. The van der Waals surface area contributed by atoms with E-state index in [0.29, 0.717) is 12.4 Å². The van der Waals surface area contributed by atoms with Gasteiger partial charge >= 0.3 is 0 Å². The van der Waals surface area contributed by atoms with Gasteiger partial charge in [0.15, 0.2) is 5.82 Å². The van der Waals surface area contributed by atoms with Crippen LogP contribution in [-0.4, -0.2) is 28.9 Å². The normalized spacial score (nSPS) is 14.2. The third-order valence-corrected chi connectivity index (χ3v) is 5.91. The molecule has 2 N–H and O–H groups in total. The van der Waals surface area contributed by atoms with Gasteiger partial charge in [-0.15, -0.1) is 16.8 Å². The van der Waals surface area contributed by atoms with Gasteiger partial charge in [0.2, 0.25) is 15.0 Å². The van der Waals surface area contributed by atoms with Crippen molar-refractivity contribution in [2.45, 2.75) is 44.9 Å². The van der Waals surface area contributed by atoms with Gasteiger partial charge in [-0.3, -0.25) is 4.57 Å². The van der Waals surface area contributed by atoms with Gasteiger partial charge in [0, 0.05) is 0 Å². The number of sulfone groups is 1. The van der Waals surface area contributed by atoms with Crippen molar-refractivity contribution in [2.75, 3.05) is 5.75 Å². The predicted molar refractivity (Wildman–Crippen MR) is 98.9 cm³/mol. The third-order valence-electron chi connectivity index (χ3n) is 4.38. The number of nitrogens with two attached hydrogens (primary N) is 1. The highest BCUT2D eigenvalue weighted by molar-refractivity contribution is 7.91. The van der Waals surface area contributed by atoms with Crippen molar-refractivity contribution in [3.63, 3.8) is 0 Å². The number of nitrogens with zero attached hydrogens (tertiary/aromatic N) is 3. The molecule has 1 heterocycles. The summed E-state index contributed by atoms with van der Waals surface area (Å²) in [6.07, 6.45) is 2.22. The maximum atomic E-state index is 12.5. The molecule has 1 aromatic heterocycles. The summed E-state index contributed by atoms with van der Waals surface area (Å²) in [4.78, 5) is 0. The van der Waals surface area contributed by atoms with E-state index in [9.17, 15) is 8.42 Å². The fraction of sp³-hybridized carbons (Fsp3) is 0.444. The topological polar surface area (TPSA) is 90.9 Å². The molecule has 2 aromatic rings. The summed E-state index contributed by atoms with van der Waals surface area (Å²) < 4.78 is 26.7. The minimum absolute atomic E-state index is 0.0540. The van der Waals surface area contributed by atoms with E-state index in [1.165, 1.54) is 6.08 Å². The largest absolute Gasteiger partial charge is 0.321 e. The summed E-state index contributed by atoms with van der Waals surface area (Å²) >= 11 is 0. The van der Waals surface area contributed by atoms with E-state index in [0.717, 1.165) is 17.5 Å². The third kappa shape index (κ3) is 4.35. The minimum atomic E-state index is -3.60. The van der Waals surface area contributed by atoms with Crippen LogP contribution in [0.5, 0.6) is 0 Å². The molecule has 0 radical (unpaired) electrons. The molecular formula is C18H26N4O2S. The Labute approximate surface area is 149 Å². The Morgan fingerprint density at radius 2 is 1.92 bits per heavy atom. The van der Waals surface area contributed by atoms with E-state index < -0.39 is 9.84 Å². The van der Waals surface area contributed by atoms with Crippen LogP contribution in [0.1, 0.15) is 43.3 Å². The van der Waals surface area contributed by atoms with Gasteiger partial charge in [-0.05, 0) is 18.4 Å². The number of hydrogen-bond donors (Lipinski definition) is 1. The van der Waals surface area contributed by atoms with E-state index in [2.05, 4.69) is 16.8 Å². The predicted octanol–water partition coefficient (Wildman–Crippen LogP) is 2.64. The van der Waals surface area contributed by atoms with Gasteiger partial charge in [-0.2, -0.15) is 0 Å². The van der Waals surface area contributed by atoms with Crippen molar-refractivity contribution >= 4 is 9.84 Å². The van der Waals surface area contributed by atoms with Crippen molar-refractivity contribution in [1.29, 1.82) is 0 Å². The molecule has 0 spiro atoms. The summed E-state index contributed by atoms with van der Waals surface area (Å²) in [6.45, 7) is 9.95. The van der Waals surface area contributed by atoms with Crippen LogP contribution in [0.2, 0.25) is 0 Å². The smallest absolute Gasteiger partial charge is 0.250 e. The molecule has 6 nitrogen and oxygen atoms in total. The molecule has 136 valence electrons. The molecule has 0 saturated carbocycles. The highest BCUT2D eigenvalue weighted by Gasteiger charge is 2.28. The van der Waals surface area contributed by atoms with E-state index in [4.69, 9.17) is 5.73 Å². The summed E-state index contributed by atoms with van der Waals surface area (Å²) in [7, 11) is -3.60. The van der Waals surface area contributed by atoms with E-state index in [-0.39, 0.29) is 22.9 Å². The summed E-state index contributed by atoms with van der Waals surface area (Å²) in [5.74, 6) is 0.478. The zero-order chi connectivity index (χ0) is 18.6. The van der Waals surface area contributed by atoms with Crippen molar-refractivity contribution in [1.82, 2.24) is 14.8 Å². The van der Waals surface area contributed by atoms with Gasteiger partial charge < -0.3 is 5.73 Å². The van der Waals surface area contributed by atoms with Crippen LogP contribution >= 0.6 is 0 Å². The van der Waals surface area contributed by atoms with Crippen LogP contribution in [-0.2, 0) is 16.4 Å². The van der Waals surface area contributed by atoms with E-state index >= 15 is 0 Å². The fourth-order valence-corrected chi connectivity index (χ4v) is 3.66. The standard InChI is InChI=1S/C18H26N4O2S/c1-5-11-25(23,24)18-21-20-17(16(19)14(4)6-2)22(18)12-15-9-7-13(3)8-10-15/h5,7-10,14,16H,1,6,11-12,19H2,2-4H3/t14-,16+/m0/s1. The first-order valence-corrected chi connectivity index (χ1v) is 10.0. The number of rotatable bonds is 8. The van der Waals surface area contributed by atoms with Crippen LogP contribution in [0.4, 0.5) is 0 Å². The highest BCUT2D eigenvalue weighted by atomic mass is 32.2. The van der Waals surface area contributed by atoms with Crippen LogP contribution in [0.25, 0.3) is 0 Å². The zero-order valence-electron chi connectivity index (χ0n) is 15.0. The summed E-state index contributed by atoms with van der Waals surface area (Å²) in [6, 6.07) is 7.54. The number of benzene rings is 1. The van der Waals surface area contributed by atoms with Crippen molar-refractivity contribution in [3.8, 4) is 0 Å². The molecule has 0 fully saturated rings. The van der Waals surface area contributed by atoms with Crippen LogP contribution in [0.3, 0.4) is 0 Å².